The van der Waals surface area contributed by atoms with Crippen LogP contribution in [-0.4, -0.2) is 13.2 Å². The summed E-state index contributed by atoms with van der Waals surface area (Å²) in [6, 6.07) is 6.28. The molecule has 0 unspecified atom stereocenters. The van der Waals surface area contributed by atoms with Gasteiger partial charge in [0.05, 0.1) is 17.8 Å². The van der Waals surface area contributed by atoms with Gasteiger partial charge in [0.1, 0.15) is 5.75 Å². The summed E-state index contributed by atoms with van der Waals surface area (Å²) in [5, 5.41) is 4.26. The van der Waals surface area contributed by atoms with Gasteiger partial charge < -0.3 is 10.1 Å². The first-order valence-electron chi connectivity index (χ1n) is 6.20. The molecule has 2 nitrogen and oxygen atoms in total. The Bertz CT molecular complexity index is 386. The second kappa shape index (κ2) is 5.18. The van der Waals surface area contributed by atoms with E-state index >= 15 is 0 Å². The molecule has 1 aliphatic rings. The van der Waals surface area contributed by atoms with Crippen LogP contribution < -0.4 is 10.1 Å². The molecule has 0 aromatic heterocycles. The molecule has 0 atom stereocenters. The van der Waals surface area contributed by atoms with E-state index in [1.165, 1.54) is 12.8 Å². The molecule has 0 bridgehead atoms. The summed E-state index contributed by atoms with van der Waals surface area (Å²) in [6.07, 6.45) is 2.48. The van der Waals surface area contributed by atoms with Gasteiger partial charge in [-0.1, -0.05) is 25.4 Å². The summed E-state index contributed by atoms with van der Waals surface area (Å²) < 4.78 is 5.20. The van der Waals surface area contributed by atoms with Crippen LogP contribution in [0.1, 0.15) is 26.7 Å². The predicted molar refractivity (Wildman–Crippen MR) is 73.0 cm³/mol. The number of halogens is 1. The largest absolute Gasteiger partial charge is 0.497 e. The van der Waals surface area contributed by atoms with Crippen LogP contribution in [0.2, 0.25) is 5.02 Å². The lowest BCUT2D eigenvalue weighted by Crippen LogP contribution is -2.37. The van der Waals surface area contributed by atoms with Crippen LogP contribution in [0.15, 0.2) is 18.2 Å². The molecule has 1 aliphatic carbocycles. The van der Waals surface area contributed by atoms with Crippen LogP contribution in [0.5, 0.6) is 5.75 Å². The minimum absolute atomic E-state index is 0.562. The highest BCUT2D eigenvalue weighted by Crippen LogP contribution is 2.37. The average molecular weight is 254 g/mol. The SMILES string of the molecule is COc1ccc(Cl)c(NC2CC(C(C)C)C2)c1. The smallest absolute Gasteiger partial charge is 0.121 e. The lowest BCUT2D eigenvalue weighted by Gasteiger charge is -2.39. The van der Waals surface area contributed by atoms with E-state index in [1.54, 1.807) is 7.11 Å². The van der Waals surface area contributed by atoms with Crippen molar-refractivity contribution in [2.75, 3.05) is 12.4 Å². The maximum Gasteiger partial charge on any atom is 0.121 e. The molecule has 1 N–H and O–H groups in total. The van der Waals surface area contributed by atoms with Crippen molar-refractivity contribution in [3.05, 3.63) is 23.2 Å². The van der Waals surface area contributed by atoms with Crippen LogP contribution in [0.25, 0.3) is 0 Å². The second-order valence-electron chi connectivity index (χ2n) is 5.16. The first-order chi connectivity index (χ1) is 8.10. The molecule has 94 valence electrons. The van der Waals surface area contributed by atoms with Gasteiger partial charge >= 0.3 is 0 Å². The van der Waals surface area contributed by atoms with Crippen molar-refractivity contribution in [1.29, 1.82) is 0 Å². The molecule has 0 amide bonds. The normalized spacial score (nSPS) is 23.4. The van der Waals surface area contributed by atoms with E-state index < -0.39 is 0 Å². The van der Waals surface area contributed by atoms with Crippen molar-refractivity contribution in [2.24, 2.45) is 11.8 Å². The number of nitrogens with one attached hydrogen (secondary N) is 1. The fourth-order valence-electron chi connectivity index (χ4n) is 2.29. The fourth-order valence-corrected chi connectivity index (χ4v) is 2.46. The van der Waals surface area contributed by atoms with Gasteiger partial charge in [0.25, 0.3) is 0 Å². The standard InChI is InChI=1S/C14H20ClNO/c1-9(2)10-6-11(7-10)16-14-8-12(17-3)4-5-13(14)15/h4-5,8-11,16H,6-7H2,1-3H3. The van der Waals surface area contributed by atoms with Gasteiger partial charge in [0, 0.05) is 12.1 Å². The first-order valence-corrected chi connectivity index (χ1v) is 6.58. The lowest BCUT2D eigenvalue weighted by atomic mass is 9.73. The second-order valence-corrected chi connectivity index (χ2v) is 5.57. The Morgan fingerprint density at radius 2 is 2.06 bits per heavy atom. The number of hydrogen-bond acceptors (Lipinski definition) is 2. The van der Waals surface area contributed by atoms with E-state index in [0.717, 1.165) is 28.3 Å². The number of benzene rings is 1. The van der Waals surface area contributed by atoms with Crippen LogP contribution in [-0.2, 0) is 0 Å². The van der Waals surface area contributed by atoms with Gasteiger partial charge in [-0.15, -0.1) is 0 Å². The predicted octanol–water partition coefficient (Wildman–Crippen LogP) is 4.20. The Morgan fingerprint density at radius 1 is 1.35 bits per heavy atom. The van der Waals surface area contributed by atoms with E-state index in [9.17, 15) is 0 Å². The van der Waals surface area contributed by atoms with E-state index in [4.69, 9.17) is 16.3 Å². The van der Waals surface area contributed by atoms with Crippen molar-refractivity contribution in [2.45, 2.75) is 32.7 Å². The van der Waals surface area contributed by atoms with Crippen molar-refractivity contribution in [3.8, 4) is 5.75 Å². The number of hydrogen-bond donors (Lipinski definition) is 1. The summed E-state index contributed by atoms with van der Waals surface area (Å²) in [4.78, 5) is 0. The Kier molecular flexibility index (Phi) is 3.82. The highest BCUT2D eigenvalue weighted by molar-refractivity contribution is 6.33. The third-order valence-corrected chi connectivity index (χ3v) is 3.98. The molecule has 1 fully saturated rings. The molecule has 0 heterocycles. The number of ether oxygens (including phenoxy) is 1. The van der Waals surface area contributed by atoms with Gasteiger partial charge in [0.2, 0.25) is 0 Å². The Hall–Kier alpha value is -0.890. The summed E-state index contributed by atoms with van der Waals surface area (Å²) in [5.41, 5.74) is 0.984. The Labute approximate surface area is 108 Å². The average Bonchev–Trinajstić information content (AvgIpc) is 2.24. The van der Waals surface area contributed by atoms with Crippen LogP contribution >= 0.6 is 11.6 Å². The van der Waals surface area contributed by atoms with Gasteiger partial charge in [-0.2, -0.15) is 0 Å². The minimum Gasteiger partial charge on any atom is -0.497 e. The van der Waals surface area contributed by atoms with Gasteiger partial charge in [-0.05, 0) is 36.8 Å². The van der Waals surface area contributed by atoms with Crippen molar-refractivity contribution in [1.82, 2.24) is 0 Å². The topological polar surface area (TPSA) is 21.3 Å². The molecular formula is C14H20ClNO. The van der Waals surface area contributed by atoms with Gasteiger partial charge in [-0.25, -0.2) is 0 Å². The van der Waals surface area contributed by atoms with Crippen LogP contribution in [0, 0.1) is 11.8 Å². The van der Waals surface area contributed by atoms with Gasteiger partial charge in [-0.3, -0.25) is 0 Å². The molecule has 1 aromatic rings. The third kappa shape index (κ3) is 2.86. The fraction of sp³-hybridized carbons (Fsp3) is 0.571. The first kappa shape index (κ1) is 12.6. The van der Waals surface area contributed by atoms with Crippen molar-refractivity contribution >= 4 is 17.3 Å². The van der Waals surface area contributed by atoms with Crippen LogP contribution in [0.3, 0.4) is 0 Å². The molecule has 17 heavy (non-hydrogen) atoms. The van der Waals surface area contributed by atoms with Crippen LogP contribution in [0.4, 0.5) is 5.69 Å². The molecule has 3 heteroatoms. The number of anilines is 1. The molecule has 2 rings (SSSR count). The highest BCUT2D eigenvalue weighted by atomic mass is 35.5. The molecule has 0 spiro atoms. The summed E-state index contributed by atoms with van der Waals surface area (Å²) in [6.45, 7) is 4.58. The quantitative estimate of drug-likeness (QED) is 0.869. The van der Waals surface area contributed by atoms with E-state index in [1.807, 2.05) is 18.2 Å². The molecule has 0 radical (unpaired) electrons. The zero-order valence-corrected chi connectivity index (χ0v) is 11.4. The monoisotopic (exact) mass is 253 g/mol. The zero-order valence-electron chi connectivity index (χ0n) is 10.7. The summed E-state index contributed by atoms with van der Waals surface area (Å²) in [5.74, 6) is 2.49. The molecular weight excluding hydrogens is 234 g/mol. The third-order valence-electron chi connectivity index (χ3n) is 3.65. The molecule has 1 aromatic carbocycles. The van der Waals surface area contributed by atoms with E-state index in [2.05, 4.69) is 19.2 Å². The van der Waals surface area contributed by atoms with E-state index in [-0.39, 0.29) is 0 Å². The maximum absolute atomic E-state index is 6.16. The van der Waals surface area contributed by atoms with Crippen molar-refractivity contribution in [3.63, 3.8) is 0 Å². The van der Waals surface area contributed by atoms with E-state index in [0.29, 0.717) is 6.04 Å². The maximum atomic E-state index is 6.16. The summed E-state index contributed by atoms with van der Waals surface area (Å²) >= 11 is 6.16. The number of methoxy groups -OCH3 is 1. The highest BCUT2D eigenvalue weighted by Gasteiger charge is 2.31. The molecule has 1 saturated carbocycles. The summed E-state index contributed by atoms with van der Waals surface area (Å²) in [7, 11) is 1.67. The minimum atomic E-state index is 0.562. The van der Waals surface area contributed by atoms with Gasteiger partial charge in [0.15, 0.2) is 0 Å². The number of rotatable bonds is 4. The Morgan fingerprint density at radius 3 is 2.65 bits per heavy atom. The lowest BCUT2D eigenvalue weighted by molar-refractivity contribution is 0.212. The molecule has 0 aliphatic heterocycles. The van der Waals surface area contributed by atoms with Crippen molar-refractivity contribution < 1.29 is 4.74 Å². The zero-order chi connectivity index (χ0) is 12.4. The molecule has 0 saturated heterocycles. The Balaban J connectivity index is 1.96.